The van der Waals surface area contributed by atoms with Gasteiger partial charge in [-0.3, -0.25) is 4.79 Å². The zero-order valence-corrected chi connectivity index (χ0v) is 14.7. The molecular weight excluding hydrogens is 344 g/mol. The molecule has 0 saturated carbocycles. The lowest BCUT2D eigenvalue weighted by Gasteiger charge is -2.19. The van der Waals surface area contributed by atoms with Gasteiger partial charge in [-0.15, -0.1) is 10.2 Å². The number of rotatable bonds is 4. The molecule has 3 aromatic rings. The Kier molecular flexibility index (Phi) is 4.57. The van der Waals surface area contributed by atoms with E-state index in [9.17, 15) is 4.79 Å². The first-order valence-corrected chi connectivity index (χ1v) is 8.56. The van der Waals surface area contributed by atoms with Crippen LogP contribution in [0.5, 0.6) is 11.5 Å². The Hall–Kier alpha value is -3.61. The van der Waals surface area contributed by atoms with Crippen molar-refractivity contribution in [3.05, 3.63) is 65.7 Å². The summed E-state index contributed by atoms with van der Waals surface area (Å²) < 4.78 is 11.1. The smallest absolute Gasteiger partial charge is 0.257 e. The molecule has 136 valence electrons. The van der Waals surface area contributed by atoms with E-state index in [1.165, 1.54) is 0 Å². The lowest BCUT2D eigenvalue weighted by Crippen LogP contribution is -2.15. The molecule has 1 aliphatic heterocycles. The highest BCUT2D eigenvalue weighted by molar-refractivity contribution is 6.04. The molecule has 0 spiro atoms. The maximum absolute atomic E-state index is 12.3. The van der Waals surface area contributed by atoms with E-state index >= 15 is 0 Å². The second-order valence-electron chi connectivity index (χ2n) is 6.06. The molecule has 0 atom stereocenters. The number of carbonyl (C=O) groups is 1. The normalized spacial score (nSPS) is 12.3. The topological polar surface area (TPSA) is 85.4 Å². The molecular formula is C20H18N4O3. The van der Waals surface area contributed by atoms with Gasteiger partial charge in [0, 0.05) is 17.3 Å². The van der Waals surface area contributed by atoms with Crippen molar-refractivity contribution in [1.29, 1.82) is 0 Å². The van der Waals surface area contributed by atoms with E-state index < -0.39 is 0 Å². The van der Waals surface area contributed by atoms with Crippen molar-refractivity contribution in [2.45, 2.75) is 6.92 Å². The quantitative estimate of drug-likeness (QED) is 0.738. The number of hydrogen-bond acceptors (Lipinski definition) is 6. The van der Waals surface area contributed by atoms with Crippen LogP contribution in [0, 0.1) is 6.92 Å². The third-order valence-corrected chi connectivity index (χ3v) is 4.11. The number of anilines is 3. The molecule has 7 nitrogen and oxygen atoms in total. The third-order valence-electron chi connectivity index (χ3n) is 4.11. The van der Waals surface area contributed by atoms with Gasteiger partial charge in [0.1, 0.15) is 13.2 Å². The molecule has 27 heavy (non-hydrogen) atoms. The minimum absolute atomic E-state index is 0.213. The molecule has 0 bridgehead atoms. The Morgan fingerprint density at radius 2 is 1.67 bits per heavy atom. The predicted octanol–water partition coefficient (Wildman–Crippen LogP) is 3.55. The number of aryl methyl sites for hydroxylation is 1. The molecule has 2 aromatic carbocycles. The highest BCUT2D eigenvalue weighted by Crippen LogP contribution is 2.33. The molecule has 4 rings (SSSR count). The molecule has 0 radical (unpaired) electrons. The number of hydrogen-bond donors (Lipinski definition) is 2. The first-order valence-electron chi connectivity index (χ1n) is 8.56. The van der Waals surface area contributed by atoms with Crippen LogP contribution >= 0.6 is 0 Å². The number of benzene rings is 2. The summed E-state index contributed by atoms with van der Waals surface area (Å²) in [6.45, 7) is 2.98. The first kappa shape index (κ1) is 16.8. The molecule has 0 fully saturated rings. The average Bonchev–Trinajstić information content (AvgIpc) is 2.70. The van der Waals surface area contributed by atoms with Crippen molar-refractivity contribution < 1.29 is 14.3 Å². The number of amides is 1. The maximum atomic E-state index is 12.3. The Bertz CT molecular complexity index is 973. The number of nitrogens with zero attached hydrogens (tertiary/aromatic N) is 2. The molecule has 2 heterocycles. The number of fused-ring (bicyclic) bond motifs is 1. The number of ether oxygens (including phenoxy) is 2. The summed E-state index contributed by atoms with van der Waals surface area (Å²) in [5.74, 6) is 2.15. The molecule has 1 aliphatic rings. The molecule has 7 heteroatoms. The van der Waals surface area contributed by atoms with Crippen molar-refractivity contribution in [3.63, 3.8) is 0 Å². The SMILES string of the molecule is Cc1ccccc1C(=O)Nc1ccc(Nc2ccc3c(c2)OCCO3)nn1. The predicted molar refractivity (Wildman–Crippen MR) is 102 cm³/mol. The number of aromatic nitrogens is 2. The van der Waals surface area contributed by atoms with Gasteiger partial charge in [0.05, 0.1) is 0 Å². The summed E-state index contributed by atoms with van der Waals surface area (Å²) in [7, 11) is 0. The molecule has 0 saturated heterocycles. The van der Waals surface area contributed by atoms with Crippen molar-refractivity contribution in [2.75, 3.05) is 23.8 Å². The van der Waals surface area contributed by atoms with Gasteiger partial charge in [0.25, 0.3) is 5.91 Å². The summed E-state index contributed by atoms with van der Waals surface area (Å²) in [5.41, 5.74) is 2.32. The Labute approximate surface area is 156 Å². The van der Waals surface area contributed by atoms with E-state index in [1.54, 1.807) is 18.2 Å². The van der Waals surface area contributed by atoms with Crippen LogP contribution in [0.25, 0.3) is 0 Å². The van der Waals surface area contributed by atoms with E-state index in [-0.39, 0.29) is 5.91 Å². The molecule has 1 aromatic heterocycles. The van der Waals surface area contributed by atoms with Gasteiger partial charge < -0.3 is 20.1 Å². The van der Waals surface area contributed by atoms with Gasteiger partial charge in [-0.05, 0) is 42.8 Å². The fourth-order valence-corrected chi connectivity index (χ4v) is 2.75. The highest BCUT2D eigenvalue weighted by atomic mass is 16.6. The Morgan fingerprint density at radius 3 is 2.44 bits per heavy atom. The van der Waals surface area contributed by atoms with Crippen LogP contribution in [-0.4, -0.2) is 29.3 Å². The zero-order valence-electron chi connectivity index (χ0n) is 14.7. The summed E-state index contributed by atoms with van der Waals surface area (Å²) >= 11 is 0. The average molecular weight is 362 g/mol. The van der Waals surface area contributed by atoms with Crippen LogP contribution in [0.4, 0.5) is 17.3 Å². The van der Waals surface area contributed by atoms with E-state index in [2.05, 4.69) is 20.8 Å². The van der Waals surface area contributed by atoms with Crippen molar-refractivity contribution in [3.8, 4) is 11.5 Å². The van der Waals surface area contributed by atoms with Crippen LogP contribution in [-0.2, 0) is 0 Å². The standard InChI is InChI=1S/C20H18N4O3/c1-13-4-2-3-5-15(13)20(25)22-19-9-8-18(23-24-19)21-14-6-7-16-17(12-14)27-11-10-26-16/h2-9,12H,10-11H2,1H3,(H,21,23)(H,22,24,25). The molecule has 2 N–H and O–H groups in total. The lowest BCUT2D eigenvalue weighted by atomic mass is 10.1. The van der Waals surface area contributed by atoms with E-state index in [0.29, 0.717) is 36.2 Å². The minimum Gasteiger partial charge on any atom is -0.486 e. The van der Waals surface area contributed by atoms with E-state index in [4.69, 9.17) is 9.47 Å². The van der Waals surface area contributed by atoms with Gasteiger partial charge >= 0.3 is 0 Å². The van der Waals surface area contributed by atoms with Crippen molar-refractivity contribution in [1.82, 2.24) is 10.2 Å². The maximum Gasteiger partial charge on any atom is 0.257 e. The minimum atomic E-state index is -0.213. The first-order chi connectivity index (χ1) is 13.2. The van der Waals surface area contributed by atoms with Gasteiger partial charge in [-0.2, -0.15) is 0 Å². The van der Waals surface area contributed by atoms with Gasteiger partial charge in [-0.1, -0.05) is 18.2 Å². The number of carbonyl (C=O) groups excluding carboxylic acids is 1. The molecule has 1 amide bonds. The number of nitrogens with one attached hydrogen (secondary N) is 2. The fourth-order valence-electron chi connectivity index (χ4n) is 2.75. The Morgan fingerprint density at radius 1 is 0.926 bits per heavy atom. The second-order valence-corrected chi connectivity index (χ2v) is 6.06. The lowest BCUT2D eigenvalue weighted by molar-refractivity contribution is 0.102. The summed E-state index contributed by atoms with van der Waals surface area (Å²) in [5, 5.41) is 14.1. The summed E-state index contributed by atoms with van der Waals surface area (Å²) in [6.07, 6.45) is 0. The van der Waals surface area contributed by atoms with Crippen LogP contribution < -0.4 is 20.1 Å². The second kappa shape index (κ2) is 7.33. The fraction of sp³-hybridized carbons (Fsp3) is 0.150. The molecule has 0 unspecified atom stereocenters. The third kappa shape index (κ3) is 3.82. The van der Waals surface area contributed by atoms with E-state index in [1.807, 2.05) is 43.3 Å². The van der Waals surface area contributed by atoms with Crippen LogP contribution in [0.2, 0.25) is 0 Å². The summed E-state index contributed by atoms with van der Waals surface area (Å²) in [4.78, 5) is 12.3. The van der Waals surface area contributed by atoms with Crippen LogP contribution in [0.15, 0.2) is 54.6 Å². The van der Waals surface area contributed by atoms with Gasteiger partial charge in [0.15, 0.2) is 23.1 Å². The van der Waals surface area contributed by atoms with Gasteiger partial charge in [-0.25, -0.2) is 0 Å². The van der Waals surface area contributed by atoms with Crippen LogP contribution in [0.3, 0.4) is 0 Å². The van der Waals surface area contributed by atoms with E-state index in [0.717, 1.165) is 17.0 Å². The summed E-state index contributed by atoms with van der Waals surface area (Å²) in [6, 6.07) is 16.4. The largest absolute Gasteiger partial charge is 0.486 e. The van der Waals surface area contributed by atoms with Crippen molar-refractivity contribution >= 4 is 23.2 Å². The Balaban J connectivity index is 1.43. The van der Waals surface area contributed by atoms with Crippen molar-refractivity contribution in [2.24, 2.45) is 0 Å². The monoisotopic (exact) mass is 362 g/mol. The van der Waals surface area contributed by atoms with Gasteiger partial charge in [0.2, 0.25) is 0 Å². The highest BCUT2D eigenvalue weighted by Gasteiger charge is 2.12. The zero-order chi connectivity index (χ0) is 18.6. The molecule has 0 aliphatic carbocycles. The van der Waals surface area contributed by atoms with Crippen LogP contribution in [0.1, 0.15) is 15.9 Å².